The van der Waals surface area contributed by atoms with Crippen molar-refractivity contribution < 1.29 is 4.79 Å². The van der Waals surface area contributed by atoms with Crippen molar-refractivity contribution in [2.45, 2.75) is 46.0 Å². The van der Waals surface area contributed by atoms with Crippen molar-refractivity contribution in [3.8, 4) is 0 Å². The Balaban J connectivity index is 2.34. The summed E-state index contributed by atoms with van der Waals surface area (Å²) in [6.07, 6.45) is 4.50. The minimum Gasteiger partial charge on any atom is -0.300 e. The minimum atomic E-state index is 0.375. The molecule has 0 fully saturated rings. The predicted molar refractivity (Wildman–Crippen MR) is 64.1 cm³/mol. The Bertz CT molecular complexity index is 298. The summed E-state index contributed by atoms with van der Waals surface area (Å²) in [5.41, 5.74) is 2.72. The molecule has 0 atom stereocenters. The topological polar surface area (TPSA) is 17.1 Å². The molecule has 1 nitrogen and oxygen atoms in total. The van der Waals surface area contributed by atoms with Crippen LogP contribution >= 0.6 is 0 Å². The molecular formula is C14H20O. The molecule has 1 aromatic carbocycles. The number of benzene rings is 1. The van der Waals surface area contributed by atoms with Gasteiger partial charge in [-0.25, -0.2) is 0 Å². The monoisotopic (exact) mass is 204 g/mol. The van der Waals surface area contributed by atoms with Crippen LogP contribution in [0, 0.1) is 0 Å². The number of ketones is 1. The third kappa shape index (κ3) is 4.28. The summed E-state index contributed by atoms with van der Waals surface area (Å²) in [7, 11) is 0. The molecule has 0 heterocycles. The second kappa shape index (κ2) is 6.39. The Kier molecular flexibility index (Phi) is 5.09. The van der Waals surface area contributed by atoms with Gasteiger partial charge in [-0.2, -0.15) is 0 Å². The van der Waals surface area contributed by atoms with Crippen LogP contribution in [-0.4, -0.2) is 5.78 Å². The number of aryl methyl sites for hydroxylation is 2. The molecule has 0 aromatic heterocycles. The van der Waals surface area contributed by atoms with E-state index in [1.807, 2.05) is 6.92 Å². The molecule has 0 amide bonds. The van der Waals surface area contributed by atoms with E-state index in [1.54, 1.807) is 0 Å². The number of hydrogen-bond donors (Lipinski definition) is 0. The van der Waals surface area contributed by atoms with Crippen LogP contribution in [-0.2, 0) is 17.6 Å². The number of hydrogen-bond acceptors (Lipinski definition) is 1. The van der Waals surface area contributed by atoms with E-state index in [4.69, 9.17) is 0 Å². The van der Waals surface area contributed by atoms with E-state index in [0.29, 0.717) is 12.2 Å². The highest BCUT2D eigenvalue weighted by molar-refractivity contribution is 5.77. The quantitative estimate of drug-likeness (QED) is 0.692. The van der Waals surface area contributed by atoms with Crippen LogP contribution in [0.3, 0.4) is 0 Å². The van der Waals surface area contributed by atoms with Crippen molar-refractivity contribution in [2.75, 3.05) is 0 Å². The fraction of sp³-hybridized carbons (Fsp3) is 0.500. The lowest BCUT2D eigenvalue weighted by atomic mass is 10.0. The Morgan fingerprint density at radius 1 is 1.07 bits per heavy atom. The van der Waals surface area contributed by atoms with Gasteiger partial charge in [-0.1, -0.05) is 38.1 Å². The van der Waals surface area contributed by atoms with Crippen molar-refractivity contribution in [3.63, 3.8) is 0 Å². The van der Waals surface area contributed by atoms with E-state index in [2.05, 4.69) is 31.2 Å². The SMILES string of the molecule is CCC(=O)CCCc1ccc(CC)cc1. The van der Waals surface area contributed by atoms with Gasteiger partial charge in [0.25, 0.3) is 0 Å². The van der Waals surface area contributed by atoms with Crippen molar-refractivity contribution in [3.05, 3.63) is 35.4 Å². The highest BCUT2D eigenvalue weighted by atomic mass is 16.1. The first-order valence-electron chi connectivity index (χ1n) is 5.85. The molecule has 0 saturated heterocycles. The number of rotatable bonds is 6. The maximum Gasteiger partial charge on any atom is 0.132 e. The maximum absolute atomic E-state index is 11.1. The van der Waals surface area contributed by atoms with Crippen molar-refractivity contribution >= 4 is 5.78 Å². The molecule has 0 bridgehead atoms. The molecule has 82 valence electrons. The summed E-state index contributed by atoms with van der Waals surface area (Å²) in [6.45, 7) is 4.09. The molecule has 1 aromatic rings. The molecule has 0 aliphatic rings. The molecule has 1 heteroatoms. The molecule has 1 rings (SSSR count). The average molecular weight is 204 g/mol. The van der Waals surface area contributed by atoms with Crippen LogP contribution < -0.4 is 0 Å². The molecule has 15 heavy (non-hydrogen) atoms. The van der Waals surface area contributed by atoms with Crippen LogP contribution in [0.25, 0.3) is 0 Å². The minimum absolute atomic E-state index is 0.375. The molecule has 0 unspecified atom stereocenters. The van der Waals surface area contributed by atoms with Gasteiger partial charge in [-0.05, 0) is 30.4 Å². The van der Waals surface area contributed by atoms with E-state index in [1.165, 1.54) is 11.1 Å². The first-order valence-corrected chi connectivity index (χ1v) is 5.85. The smallest absolute Gasteiger partial charge is 0.132 e. The summed E-state index contributed by atoms with van der Waals surface area (Å²) in [5, 5.41) is 0. The van der Waals surface area contributed by atoms with Gasteiger partial charge in [-0.3, -0.25) is 4.79 Å². The van der Waals surface area contributed by atoms with E-state index >= 15 is 0 Å². The fourth-order valence-electron chi connectivity index (χ4n) is 1.61. The van der Waals surface area contributed by atoms with Gasteiger partial charge < -0.3 is 0 Å². The Morgan fingerprint density at radius 3 is 2.20 bits per heavy atom. The van der Waals surface area contributed by atoms with Gasteiger partial charge in [0.1, 0.15) is 5.78 Å². The molecule has 0 saturated carbocycles. The molecule has 0 aliphatic heterocycles. The Hall–Kier alpha value is -1.11. The highest BCUT2D eigenvalue weighted by Crippen LogP contribution is 2.08. The molecule has 0 N–H and O–H groups in total. The van der Waals surface area contributed by atoms with Gasteiger partial charge in [0.2, 0.25) is 0 Å². The second-order valence-electron chi connectivity index (χ2n) is 3.92. The van der Waals surface area contributed by atoms with Crippen LogP contribution in [0.2, 0.25) is 0 Å². The van der Waals surface area contributed by atoms with Crippen molar-refractivity contribution in [1.82, 2.24) is 0 Å². The summed E-state index contributed by atoms with van der Waals surface area (Å²) in [5.74, 6) is 0.375. The van der Waals surface area contributed by atoms with Gasteiger partial charge in [0, 0.05) is 12.8 Å². The van der Waals surface area contributed by atoms with Crippen molar-refractivity contribution in [2.24, 2.45) is 0 Å². The zero-order chi connectivity index (χ0) is 11.1. The largest absolute Gasteiger partial charge is 0.300 e. The van der Waals surface area contributed by atoms with Gasteiger partial charge in [-0.15, -0.1) is 0 Å². The lowest BCUT2D eigenvalue weighted by Crippen LogP contribution is -1.96. The molecule has 0 spiro atoms. The standard InChI is InChI=1S/C14H20O/c1-3-12-8-10-13(11-9-12)6-5-7-14(15)4-2/h8-11H,3-7H2,1-2H3. The number of carbonyl (C=O) groups excluding carboxylic acids is 1. The highest BCUT2D eigenvalue weighted by Gasteiger charge is 1.99. The van der Waals surface area contributed by atoms with Crippen LogP contribution in [0.5, 0.6) is 0 Å². The molecule has 0 radical (unpaired) electrons. The van der Waals surface area contributed by atoms with E-state index in [0.717, 1.165) is 25.7 Å². The van der Waals surface area contributed by atoms with Crippen LogP contribution in [0.15, 0.2) is 24.3 Å². The van der Waals surface area contributed by atoms with E-state index in [9.17, 15) is 4.79 Å². The lowest BCUT2D eigenvalue weighted by molar-refractivity contribution is -0.118. The Morgan fingerprint density at radius 2 is 1.67 bits per heavy atom. The second-order valence-corrected chi connectivity index (χ2v) is 3.92. The van der Waals surface area contributed by atoms with Crippen LogP contribution in [0.1, 0.15) is 44.2 Å². The molecular weight excluding hydrogens is 184 g/mol. The zero-order valence-electron chi connectivity index (χ0n) is 9.75. The van der Waals surface area contributed by atoms with Crippen molar-refractivity contribution in [1.29, 1.82) is 0 Å². The lowest BCUT2D eigenvalue weighted by Gasteiger charge is -2.02. The first-order chi connectivity index (χ1) is 7.26. The van der Waals surface area contributed by atoms with Crippen LogP contribution in [0.4, 0.5) is 0 Å². The number of carbonyl (C=O) groups is 1. The Labute approximate surface area is 92.5 Å². The number of Topliss-reactive ketones (excluding diaryl/α,β-unsaturated/α-hetero) is 1. The van der Waals surface area contributed by atoms with Gasteiger partial charge in [0.15, 0.2) is 0 Å². The predicted octanol–water partition coefficient (Wildman–Crippen LogP) is 3.55. The zero-order valence-corrected chi connectivity index (χ0v) is 9.75. The van der Waals surface area contributed by atoms with Gasteiger partial charge >= 0.3 is 0 Å². The third-order valence-electron chi connectivity index (χ3n) is 2.75. The summed E-state index contributed by atoms with van der Waals surface area (Å²) in [6, 6.07) is 8.71. The first kappa shape index (κ1) is 12.0. The van der Waals surface area contributed by atoms with E-state index in [-0.39, 0.29) is 0 Å². The normalized spacial score (nSPS) is 10.3. The van der Waals surface area contributed by atoms with E-state index < -0.39 is 0 Å². The maximum atomic E-state index is 11.1. The summed E-state index contributed by atoms with van der Waals surface area (Å²) in [4.78, 5) is 11.1. The summed E-state index contributed by atoms with van der Waals surface area (Å²) < 4.78 is 0. The molecule has 0 aliphatic carbocycles. The fourth-order valence-corrected chi connectivity index (χ4v) is 1.61. The average Bonchev–Trinajstić information content (AvgIpc) is 2.29. The third-order valence-corrected chi connectivity index (χ3v) is 2.75. The van der Waals surface area contributed by atoms with Gasteiger partial charge in [0.05, 0.1) is 0 Å². The summed E-state index contributed by atoms with van der Waals surface area (Å²) >= 11 is 0.